The molecule has 12 nitrogen and oxygen atoms in total. The van der Waals surface area contributed by atoms with Crippen LogP contribution in [0.1, 0.15) is 45.4 Å². The molecule has 1 aliphatic carbocycles. The summed E-state index contributed by atoms with van der Waals surface area (Å²) in [4.78, 5) is 23.4. The molecule has 1 heterocycles. The van der Waals surface area contributed by atoms with Gasteiger partial charge in [-0.05, 0) is 45.1 Å². The maximum absolute atomic E-state index is 12.5. The van der Waals surface area contributed by atoms with Crippen molar-refractivity contribution < 1.29 is 29.6 Å². The van der Waals surface area contributed by atoms with Crippen molar-refractivity contribution in [2.24, 2.45) is 40.2 Å². The second-order valence-electron chi connectivity index (χ2n) is 8.62. The van der Waals surface area contributed by atoms with E-state index in [1.54, 1.807) is 6.92 Å². The van der Waals surface area contributed by atoms with E-state index in [1.807, 2.05) is 5.53 Å². The van der Waals surface area contributed by atoms with E-state index in [-0.39, 0.29) is 50.4 Å². The number of primary amides is 1. The van der Waals surface area contributed by atoms with Crippen molar-refractivity contribution in [1.82, 2.24) is 10.9 Å². The van der Waals surface area contributed by atoms with E-state index in [1.165, 1.54) is 0 Å². The number of fused-ring (bicyclic) bond motifs is 1. The SMILES string of the molecule is [B]C1(O)CC2CNC(C(=O)OC(C)CCC(N)=O)CC2C(O)(O)C1CC/C(N)=N/NN. The summed E-state index contributed by atoms with van der Waals surface area (Å²) in [5.41, 5.74) is 11.0. The molecular weight excluding hydrogens is 407 g/mol. The number of piperidine rings is 1. The number of nitrogens with zero attached hydrogens (tertiary/aromatic N) is 1. The molecule has 0 aromatic rings. The number of aliphatic hydroxyl groups is 3. The van der Waals surface area contributed by atoms with Gasteiger partial charge in [0.05, 0.1) is 6.10 Å². The Balaban J connectivity index is 2.07. The number of nitrogens with one attached hydrogen (secondary N) is 2. The Morgan fingerprint density at radius 3 is 2.61 bits per heavy atom. The molecule has 0 spiro atoms. The normalized spacial score (nSPS) is 33.8. The van der Waals surface area contributed by atoms with Gasteiger partial charge in [-0.1, -0.05) is 0 Å². The summed E-state index contributed by atoms with van der Waals surface area (Å²) in [6.45, 7) is 1.90. The molecule has 6 atom stereocenters. The number of hydrazine groups is 1. The minimum atomic E-state index is -2.35. The lowest BCUT2D eigenvalue weighted by molar-refractivity contribution is -0.299. The van der Waals surface area contributed by atoms with Crippen LogP contribution >= 0.6 is 0 Å². The van der Waals surface area contributed by atoms with Crippen LogP contribution in [0.15, 0.2) is 5.10 Å². The molecule has 0 bridgehead atoms. The predicted molar refractivity (Wildman–Crippen MR) is 112 cm³/mol. The molecule has 1 saturated carbocycles. The average Bonchev–Trinajstić information content (AvgIpc) is 2.65. The lowest BCUT2D eigenvalue weighted by atomic mass is 9.52. The van der Waals surface area contributed by atoms with Crippen LogP contribution in [-0.4, -0.2) is 70.9 Å². The van der Waals surface area contributed by atoms with Gasteiger partial charge in [0.2, 0.25) is 5.91 Å². The second kappa shape index (κ2) is 10.1. The zero-order valence-corrected chi connectivity index (χ0v) is 17.7. The number of carbonyl (C=O) groups excluding carboxylic acids is 2. The first-order valence-corrected chi connectivity index (χ1v) is 10.3. The van der Waals surface area contributed by atoms with Crippen molar-refractivity contribution in [3.05, 3.63) is 0 Å². The Labute approximate surface area is 182 Å². The third kappa shape index (κ3) is 6.29. The summed E-state index contributed by atoms with van der Waals surface area (Å²) in [7, 11) is 6.04. The fourth-order valence-electron chi connectivity index (χ4n) is 4.65. The Morgan fingerprint density at radius 2 is 2.00 bits per heavy atom. The molecule has 1 amide bonds. The van der Waals surface area contributed by atoms with Crippen molar-refractivity contribution in [1.29, 1.82) is 0 Å². The standard InChI is InChI=1S/C18H33BN6O6/c1-9(2-5-15(21)26)31-16(27)12-6-11-10(8-23-12)7-17(19,28)13(18(11,29)30)3-4-14(20)24-25-22/h9-13,23,25,28-30H,2-8,22H2,1H3,(H2,20,24)(H2,21,26). The minimum absolute atomic E-state index is 0.0485. The fraction of sp³-hybridized carbons (Fsp3) is 0.833. The van der Waals surface area contributed by atoms with Gasteiger partial charge in [-0.2, -0.15) is 5.10 Å². The number of ether oxygens (including phenoxy) is 1. The van der Waals surface area contributed by atoms with E-state index in [9.17, 15) is 24.9 Å². The highest BCUT2D eigenvalue weighted by Crippen LogP contribution is 2.49. The summed E-state index contributed by atoms with van der Waals surface area (Å²) in [5.74, 6) is -0.410. The Kier molecular flexibility index (Phi) is 8.28. The molecule has 1 aliphatic heterocycles. The highest BCUT2D eigenvalue weighted by Gasteiger charge is 2.59. The minimum Gasteiger partial charge on any atom is -0.461 e. The van der Waals surface area contributed by atoms with Gasteiger partial charge in [-0.15, -0.1) is 0 Å². The molecule has 13 heteroatoms. The van der Waals surface area contributed by atoms with Crippen LogP contribution in [0.5, 0.6) is 0 Å². The average molecular weight is 440 g/mol. The molecule has 2 fully saturated rings. The number of nitrogens with two attached hydrogens (primary N) is 3. The van der Waals surface area contributed by atoms with Gasteiger partial charge < -0.3 is 36.8 Å². The smallest absolute Gasteiger partial charge is 0.323 e. The third-order valence-electron chi connectivity index (χ3n) is 6.23. The highest BCUT2D eigenvalue weighted by molar-refractivity contribution is 6.14. The Morgan fingerprint density at radius 1 is 1.32 bits per heavy atom. The van der Waals surface area contributed by atoms with Crippen molar-refractivity contribution in [2.75, 3.05) is 6.54 Å². The van der Waals surface area contributed by atoms with Gasteiger partial charge >= 0.3 is 5.97 Å². The summed E-state index contributed by atoms with van der Waals surface area (Å²) < 4.78 is 5.36. The second-order valence-corrected chi connectivity index (χ2v) is 8.62. The number of amides is 1. The van der Waals surface area contributed by atoms with Gasteiger partial charge in [0.1, 0.15) is 19.7 Å². The van der Waals surface area contributed by atoms with E-state index in [0.717, 1.165) is 0 Å². The van der Waals surface area contributed by atoms with Crippen LogP contribution in [0.4, 0.5) is 0 Å². The van der Waals surface area contributed by atoms with Crippen molar-refractivity contribution >= 4 is 25.6 Å². The maximum Gasteiger partial charge on any atom is 0.323 e. The van der Waals surface area contributed by atoms with Gasteiger partial charge in [0, 0.05) is 30.2 Å². The molecule has 0 aromatic carbocycles. The van der Waals surface area contributed by atoms with Crippen LogP contribution < -0.4 is 28.2 Å². The van der Waals surface area contributed by atoms with Crippen LogP contribution in [0.3, 0.4) is 0 Å². The summed E-state index contributed by atoms with van der Waals surface area (Å²) in [6, 6.07) is -0.770. The monoisotopic (exact) mass is 440 g/mol. The zero-order chi connectivity index (χ0) is 23.4. The quantitative estimate of drug-likeness (QED) is 0.0342. The van der Waals surface area contributed by atoms with Gasteiger partial charge in [0.25, 0.3) is 0 Å². The molecular formula is C18H33BN6O6. The van der Waals surface area contributed by atoms with E-state index in [0.29, 0.717) is 6.42 Å². The predicted octanol–water partition coefficient (Wildman–Crippen LogP) is -3.15. The molecule has 174 valence electrons. The van der Waals surface area contributed by atoms with E-state index in [2.05, 4.69) is 10.4 Å². The first-order valence-electron chi connectivity index (χ1n) is 10.3. The summed E-state index contributed by atoms with van der Waals surface area (Å²) in [6.07, 6.45) is 0.242. The third-order valence-corrected chi connectivity index (χ3v) is 6.23. The largest absolute Gasteiger partial charge is 0.461 e. The molecule has 2 rings (SSSR count). The molecule has 31 heavy (non-hydrogen) atoms. The lowest BCUT2D eigenvalue weighted by Gasteiger charge is -2.56. The summed E-state index contributed by atoms with van der Waals surface area (Å²) >= 11 is 0. The Bertz CT molecular complexity index is 690. The van der Waals surface area contributed by atoms with Crippen LogP contribution in [-0.2, 0) is 14.3 Å². The van der Waals surface area contributed by atoms with Gasteiger partial charge in [-0.25, -0.2) is 11.4 Å². The maximum atomic E-state index is 12.5. The highest BCUT2D eigenvalue weighted by atomic mass is 16.5. The van der Waals surface area contributed by atoms with Crippen molar-refractivity contribution in [3.8, 4) is 0 Å². The number of rotatable bonds is 9. The van der Waals surface area contributed by atoms with Gasteiger partial charge in [-0.3, -0.25) is 9.59 Å². The van der Waals surface area contributed by atoms with Crippen LogP contribution in [0.2, 0.25) is 0 Å². The number of amidine groups is 1. The van der Waals surface area contributed by atoms with E-state index < -0.39 is 47.1 Å². The van der Waals surface area contributed by atoms with Gasteiger partial charge in [0.15, 0.2) is 5.79 Å². The molecule has 2 aliphatic rings. The first kappa shape index (κ1) is 25.3. The first-order chi connectivity index (χ1) is 14.4. The number of hydrogen-bond acceptors (Lipinski definition) is 10. The van der Waals surface area contributed by atoms with Crippen molar-refractivity contribution in [3.63, 3.8) is 0 Å². The van der Waals surface area contributed by atoms with Crippen molar-refractivity contribution in [2.45, 2.75) is 68.9 Å². The zero-order valence-electron chi connectivity index (χ0n) is 17.7. The van der Waals surface area contributed by atoms with Crippen LogP contribution in [0.25, 0.3) is 0 Å². The number of esters is 1. The topological polar surface area (TPSA) is 219 Å². The molecule has 2 radical (unpaired) electrons. The molecule has 6 unspecified atom stereocenters. The van der Waals surface area contributed by atoms with Crippen LogP contribution in [0, 0.1) is 17.8 Å². The van der Waals surface area contributed by atoms with E-state index in [4.69, 9.17) is 29.9 Å². The molecule has 11 N–H and O–H groups in total. The Hall–Kier alpha value is -1.93. The van der Waals surface area contributed by atoms with E-state index >= 15 is 0 Å². The molecule has 1 saturated heterocycles. The fourth-order valence-corrected chi connectivity index (χ4v) is 4.65. The summed E-state index contributed by atoms with van der Waals surface area (Å²) in [5, 5.41) is 39.4. The number of hydrogen-bond donors (Lipinski definition) is 8. The lowest BCUT2D eigenvalue weighted by Crippen LogP contribution is -2.67. The number of carbonyl (C=O) groups is 2. The molecule has 0 aromatic heterocycles. The number of hydrazone groups is 1.